The van der Waals surface area contributed by atoms with Gasteiger partial charge in [-0.2, -0.15) is 0 Å². The number of fused-ring (bicyclic) bond motifs is 1. The molecule has 1 heterocycles. The van der Waals surface area contributed by atoms with Crippen LogP contribution in [0.3, 0.4) is 0 Å². The molecule has 35 heavy (non-hydrogen) atoms. The zero-order valence-corrected chi connectivity index (χ0v) is 19.7. The summed E-state index contributed by atoms with van der Waals surface area (Å²) in [6.45, 7) is 0.995. The minimum atomic E-state index is -0.783. The Kier molecular flexibility index (Phi) is 7.98. The smallest absolute Gasteiger partial charge is 0.242 e. The second-order valence-corrected chi connectivity index (χ2v) is 8.41. The zero-order valence-electron chi connectivity index (χ0n) is 19.7. The number of aryl methyl sites for hydroxylation is 1. The second-order valence-electron chi connectivity index (χ2n) is 8.41. The van der Waals surface area contributed by atoms with Crippen molar-refractivity contribution in [3.8, 4) is 11.5 Å². The van der Waals surface area contributed by atoms with Gasteiger partial charge in [-0.25, -0.2) is 4.39 Å². The molecule has 3 aromatic rings. The summed E-state index contributed by atoms with van der Waals surface area (Å²) >= 11 is 0. The van der Waals surface area contributed by atoms with E-state index in [4.69, 9.17) is 9.47 Å². The number of hydrogen-bond acceptors (Lipinski definition) is 4. The molecule has 4 rings (SSSR count). The van der Waals surface area contributed by atoms with Crippen LogP contribution in [0.25, 0.3) is 0 Å². The minimum Gasteiger partial charge on any atom is -0.486 e. The van der Waals surface area contributed by atoms with Crippen molar-refractivity contribution in [1.82, 2.24) is 10.2 Å². The van der Waals surface area contributed by atoms with Crippen molar-refractivity contribution in [1.29, 1.82) is 0 Å². The average molecular weight is 477 g/mol. The van der Waals surface area contributed by atoms with Gasteiger partial charge < -0.3 is 19.7 Å². The van der Waals surface area contributed by atoms with E-state index in [1.807, 2.05) is 48.5 Å². The number of amides is 2. The first-order valence-corrected chi connectivity index (χ1v) is 11.7. The maximum Gasteiger partial charge on any atom is 0.242 e. The second kappa shape index (κ2) is 11.5. The van der Waals surface area contributed by atoms with Crippen LogP contribution in [0.2, 0.25) is 0 Å². The molecule has 0 saturated heterocycles. The Hall–Kier alpha value is -3.87. The van der Waals surface area contributed by atoms with E-state index >= 15 is 0 Å². The largest absolute Gasteiger partial charge is 0.486 e. The van der Waals surface area contributed by atoms with Gasteiger partial charge in [0.25, 0.3) is 0 Å². The Morgan fingerprint density at radius 3 is 2.40 bits per heavy atom. The molecule has 1 aliphatic heterocycles. The highest BCUT2D eigenvalue weighted by molar-refractivity contribution is 5.88. The fraction of sp³-hybridized carbons (Fsp3) is 0.286. The lowest BCUT2D eigenvalue weighted by atomic mass is 10.0. The number of carbonyl (C=O) groups excluding carboxylic acids is 2. The van der Waals surface area contributed by atoms with Gasteiger partial charge in [0.05, 0.1) is 0 Å². The maximum absolute atomic E-state index is 14.5. The van der Waals surface area contributed by atoms with Crippen LogP contribution in [0.4, 0.5) is 4.39 Å². The predicted octanol–water partition coefficient (Wildman–Crippen LogP) is 3.92. The Bertz CT molecular complexity index is 1170. The van der Waals surface area contributed by atoms with Gasteiger partial charge in [-0.05, 0) is 35.7 Å². The fourth-order valence-electron chi connectivity index (χ4n) is 4.17. The monoisotopic (exact) mass is 476 g/mol. The summed E-state index contributed by atoms with van der Waals surface area (Å²) in [7, 11) is 1.54. The summed E-state index contributed by atoms with van der Waals surface area (Å²) in [4.78, 5) is 28.0. The summed E-state index contributed by atoms with van der Waals surface area (Å²) < 4.78 is 25.7. The average Bonchev–Trinajstić information content (AvgIpc) is 2.90. The first-order chi connectivity index (χ1) is 17.0. The third-order valence-electron chi connectivity index (χ3n) is 6.05. The van der Waals surface area contributed by atoms with Crippen molar-refractivity contribution in [2.75, 3.05) is 20.3 Å². The molecule has 7 heteroatoms. The van der Waals surface area contributed by atoms with Crippen LogP contribution in [-0.4, -0.2) is 43.0 Å². The number of carbonyl (C=O) groups is 2. The van der Waals surface area contributed by atoms with E-state index in [1.54, 1.807) is 25.2 Å². The molecule has 0 saturated carbocycles. The molecule has 0 aromatic heterocycles. The van der Waals surface area contributed by atoms with Gasteiger partial charge in [-0.1, -0.05) is 54.6 Å². The lowest BCUT2D eigenvalue weighted by Gasteiger charge is -2.31. The molecule has 0 aliphatic carbocycles. The van der Waals surface area contributed by atoms with E-state index in [9.17, 15) is 14.0 Å². The summed E-state index contributed by atoms with van der Waals surface area (Å²) in [5.41, 5.74) is 2.20. The van der Waals surface area contributed by atoms with Crippen molar-refractivity contribution in [3.63, 3.8) is 0 Å². The summed E-state index contributed by atoms with van der Waals surface area (Å²) in [5, 5.41) is 2.67. The number of likely N-dealkylation sites (N-methyl/N-ethyl adjacent to an activating group) is 1. The van der Waals surface area contributed by atoms with Gasteiger partial charge >= 0.3 is 0 Å². The van der Waals surface area contributed by atoms with E-state index in [1.165, 1.54) is 11.0 Å². The summed E-state index contributed by atoms with van der Waals surface area (Å²) in [6.07, 6.45) is 0.941. The highest BCUT2D eigenvalue weighted by atomic mass is 19.1. The number of benzene rings is 3. The van der Waals surface area contributed by atoms with Crippen molar-refractivity contribution in [2.24, 2.45) is 0 Å². The third-order valence-corrected chi connectivity index (χ3v) is 6.05. The molecular formula is C28H29FN2O4. The van der Waals surface area contributed by atoms with E-state index in [2.05, 4.69) is 5.32 Å². The van der Waals surface area contributed by atoms with Crippen LogP contribution in [0.15, 0.2) is 72.8 Å². The Morgan fingerprint density at radius 1 is 0.943 bits per heavy atom. The van der Waals surface area contributed by atoms with Crippen LogP contribution < -0.4 is 14.8 Å². The quantitative estimate of drug-likeness (QED) is 0.509. The van der Waals surface area contributed by atoms with Crippen molar-refractivity contribution in [2.45, 2.75) is 31.8 Å². The number of halogens is 1. The number of nitrogens with one attached hydrogen (secondary N) is 1. The highest BCUT2D eigenvalue weighted by Crippen LogP contribution is 2.31. The van der Waals surface area contributed by atoms with Gasteiger partial charge in [0.1, 0.15) is 25.1 Å². The van der Waals surface area contributed by atoms with Crippen molar-refractivity contribution < 1.29 is 23.5 Å². The van der Waals surface area contributed by atoms with Crippen LogP contribution in [0.1, 0.15) is 23.1 Å². The normalized spacial score (nSPS) is 13.1. The Balaban J connectivity index is 1.57. The van der Waals surface area contributed by atoms with Crippen LogP contribution in [-0.2, 0) is 29.0 Å². The zero-order chi connectivity index (χ0) is 24.6. The first-order valence-electron chi connectivity index (χ1n) is 11.7. The van der Waals surface area contributed by atoms with Crippen molar-refractivity contribution in [3.05, 3.63) is 95.3 Å². The molecule has 0 bridgehead atoms. The molecular weight excluding hydrogens is 447 g/mol. The van der Waals surface area contributed by atoms with E-state index in [0.29, 0.717) is 43.1 Å². The SMILES string of the molecule is CNC(=O)C(Cc1ccccc1)N(Cc1ccccc1F)C(=O)CCc1ccc2c(c1)OCCO2. The van der Waals surface area contributed by atoms with Gasteiger partial charge in [-0.3, -0.25) is 9.59 Å². The maximum atomic E-state index is 14.5. The Labute approximate surface area is 204 Å². The van der Waals surface area contributed by atoms with Crippen LogP contribution in [0.5, 0.6) is 11.5 Å². The molecule has 182 valence electrons. The highest BCUT2D eigenvalue weighted by Gasteiger charge is 2.30. The summed E-state index contributed by atoms with van der Waals surface area (Å²) in [6, 6.07) is 20.7. The molecule has 0 fully saturated rings. The van der Waals surface area contributed by atoms with E-state index < -0.39 is 11.9 Å². The van der Waals surface area contributed by atoms with Gasteiger partial charge in [-0.15, -0.1) is 0 Å². The molecule has 0 spiro atoms. The first kappa shape index (κ1) is 24.3. The predicted molar refractivity (Wildman–Crippen MR) is 131 cm³/mol. The molecule has 1 N–H and O–H groups in total. The number of rotatable bonds is 9. The number of hydrogen-bond donors (Lipinski definition) is 1. The lowest BCUT2D eigenvalue weighted by molar-refractivity contribution is -0.141. The molecule has 0 radical (unpaired) electrons. The number of nitrogens with zero attached hydrogens (tertiary/aromatic N) is 1. The Morgan fingerprint density at radius 2 is 1.66 bits per heavy atom. The fourth-order valence-corrected chi connectivity index (χ4v) is 4.17. The number of ether oxygens (including phenoxy) is 2. The van der Waals surface area contributed by atoms with Gasteiger partial charge in [0, 0.05) is 32.0 Å². The molecule has 1 unspecified atom stereocenters. The molecule has 6 nitrogen and oxygen atoms in total. The van der Waals surface area contributed by atoms with Crippen molar-refractivity contribution >= 4 is 11.8 Å². The molecule has 2 amide bonds. The third kappa shape index (κ3) is 6.18. The van der Waals surface area contributed by atoms with E-state index in [0.717, 1.165) is 11.1 Å². The molecule has 1 aliphatic rings. The van der Waals surface area contributed by atoms with E-state index in [-0.39, 0.29) is 24.8 Å². The van der Waals surface area contributed by atoms with Gasteiger partial charge in [0.2, 0.25) is 11.8 Å². The molecule has 3 aromatic carbocycles. The molecule has 1 atom stereocenters. The van der Waals surface area contributed by atoms with Gasteiger partial charge in [0.15, 0.2) is 11.5 Å². The van der Waals surface area contributed by atoms with Crippen LogP contribution in [0, 0.1) is 5.82 Å². The standard InChI is InChI=1S/C28H29FN2O4/c1-30-28(33)24(17-20-7-3-2-4-8-20)31(19-22-9-5-6-10-23(22)29)27(32)14-12-21-11-13-25-26(18-21)35-16-15-34-25/h2-11,13,18,24H,12,14-17,19H2,1H3,(H,30,33). The van der Waals surface area contributed by atoms with Crippen LogP contribution >= 0.6 is 0 Å². The summed E-state index contributed by atoms with van der Waals surface area (Å²) in [5.74, 6) is 0.421. The lowest BCUT2D eigenvalue weighted by Crippen LogP contribution is -2.49. The topological polar surface area (TPSA) is 67.9 Å². The minimum absolute atomic E-state index is 0.00241.